The Balaban J connectivity index is 1.42. The fourth-order valence-electron chi connectivity index (χ4n) is 6.16. The van der Waals surface area contributed by atoms with Crippen molar-refractivity contribution in [3.63, 3.8) is 0 Å². The lowest BCUT2D eigenvalue weighted by Crippen LogP contribution is -2.34. The Bertz CT molecular complexity index is 1550. The summed E-state index contributed by atoms with van der Waals surface area (Å²) in [5, 5.41) is 8.38. The zero-order chi connectivity index (χ0) is 27.3. The second-order valence-corrected chi connectivity index (χ2v) is 11.2. The molecule has 206 valence electrons. The molecule has 0 aromatic carbocycles. The number of aromatic nitrogens is 6. The maximum Gasteiger partial charge on any atom is 0.418 e. The molecule has 1 saturated carbocycles. The first-order chi connectivity index (χ1) is 18.7. The Kier molecular flexibility index (Phi) is 6.57. The number of imidazole rings is 1. The molecule has 0 radical (unpaired) electrons. The molecule has 8 nitrogen and oxygen atoms in total. The first-order valence-corrected chi connectivity index (χ1v) is 13.5. The maximum absolute atomic E-state index is 14.2. The average Bonchev–Trinajstić information content (AvgIpc) is 3.43. The van der Waals surface area contributed by atoms with Crippen LogP contribution in [0.3, 0.4) is 0 Å². The summed E-state index contributed by atoms with van der Waals surface area (Å²) >= 11 is 0. The molecule has 0 bridgehead atoms. The van der Waals surface area contributed by atoms with Gasteiger partial charge in [-0.05, 0) is 67.3 Å². The fraction of sp³-hybridized carbons (Fsp3) is 0.500. The number of pyridine rings is 2. The number of fused-ring (bicyclic) bond motifs is 1. The van der Waals surface area contributed by atoms with E-state index < -0.39 is 17.4 Å². The SMILES string of the molecule is C[C@H]1CCCN(Cc2cc(C(F)(F)F)c3cn(-c4cncc([C@H](c5nncn5C)C5CCC5)c4)c(=O)n3c2)C1. The van der Waals surface area contributed by atoms with Crippen LogP contribution in [-0.4, -0.2) is 46.7 Å². The van der Waals surface area contributed by atoms with Crippen LogP contribution in [0.2, 0.25) is 0 Å². The van der Waals surface area contributed by atoms with Gasteiger partial charge < -0.3 is 4.57 Å². The van der Waals surface area contributed by atoms with Crippen molar-refractivity contribution >= 4 is 5.52 Å². The lowest BCUT2D eigenvalue weighted by atomic mass is 9.73. The van der Waals surface area contributed by atoms with Crippen molar-refractivity contribution in [3.8, 4) is 5.69 Å². The fourth-order valence-corrected chi connectivity index (χ4v) is 6.16. The standard InChI is InChI=1S/C28H32F3N7O/c1-18-5-4-8-36(13-18)14-19-9-23(28(29,30)31)24-16-37(27(39)38(24)15-19)22-10-21(11-32-12-22)25(20-6-3-7-20)26-34-33-17-35(26)2/h9-12,15-18,20,25H,3-8,13-14H2,1-2H3/t18-,25+/m0/s1. The second-order valence-electron chi connectivity index (χ2n) is 11.2. The monoisotopic (exact) mass is 539 g/mol. The summed E-state index contributed by atoms with van der Waals surface area (Å²) in [6, 6.07) is 3.03. The third-order valence-electron chi connectivity index (χ3n) is 8.30. The Morgan fingerprint density at radius 3 is 2.59 bits per heavy atom. The summed E-state index contributed by atoms with van der Waals surface area (Å²) in [5.74, 6) is 1.62. The Hall–Kier alpha value is -3.47. The van der Waals surface area contributed by atoms with Gasteiger partial charge in [-0.15, -0.1) is 10.2 Å². The largest absolute Gasteiger partial charge is 0.418 e. The van der Waals surface area contributed by atoms with Crippen LogP contribution in [0.5, 0.6) is 0 Å². The molecule has 39 heavy (non-hydrogen) atoms. The van der Waals surface area contributed by atoms with Crippen molar-refractivity contribution in [1.29, 1.82) is 0 Å². The van der Waals surface area contributed by atoms with E-state index in [-0.39, 0.29) is 11.4 Å². The highest BCUT2D eigenvalue weighted by Gasteiger charge is 2.36. The van der Waals surface area contributed by atoms with Crippen molar-refractivity contribution in [2.75, 3.05) is 13.1 Å². The van der Waals surface area contributed by atoms with Gasteiger partial charge >= 0.3 is 11.9 Å². The number of rotatable bonds is 6. The molecular weight excluding hydrogens is 507 g/mol. The Morgan fingerprint density at radius 2 is 1.92 bits per heavy atom. The van der Waals surface area contributed by atoms with E-state index in [1.165, 1.54) is 23.0 Å². The number of alkyl halides is 3. The zero-order valence-electron chi connectivity index (χ0n) is 22.1. The summed E-state index contributed by atoms with van der Waals surface area (Å²) in [6.07, 6.45) is 8.52. The van der Waals surface area contributed by atoms with Gasteiger partial charge in [0, 0.05) is 44.6 Å². The van der Waals surface area contributed by atoms with Gasteiger partial charge in [0.25, 0.3) is 0 Å². The van der Waals surface area contributed by atoms with Gasteiger partial charge in [0.05, 0.1) is 23.0 Å². The molecule has 4 aromatic heterocycles. The van der Waals surface area contributed by atoms with E-state index in [0.717, 1.165) is 61.0 Å². The van der Waals surface area contributed by atoms with Gasteiger partial charge in [-0.2, -0.15) is 13.2 Å². The van der Waals surface area contributed by atoms with Crippen molar-refractivity contribution in [3.05, 3.63) is 76.2 Å². The van der Waals surface area contributed by atoms with Crippen LogP contribution in [-0.2, 0) is 19.8 Å². The number of hydrogen-bond donors (Lipinski definition) is 0. The molecule has 0 N–H and O–H groups in total. The highest BCUT2D eigenvalue weighted by molar-refractivity contribution is 5.58. The minimum Gasteiger partial charge on any atom is -0.320 e. The number of nitrogens with zero attached hydrogens (tertiary/aromatic N) is 7. The molecule has 1 aliphatic carbocycles. The summed E-state index contributed by atoms with van der Waals surface area (Å²) in [5.41, 5.74) is 0.234. The van der Waals surface area contributed by atoms with Crippen LogP contribution in [0.15, 0.2) is 48.0 Å². The first-order valence-electron chi connectivity index (χ1n) is 13.5. The van der Waals surface area contributed by atoms with Gasteiger partial charge in [0.1, 0.15) is 12.2 Å². The van der Waals surface area contributed by atoms with Crippen molar-refractivity contribution in [1.82, 2.24) is 33.6 Å². The molecule has 1 saturated heterocycles. The van der Waals surface area contributed by atoms with Gasteiger partial charge in [-0.25, -0.2) is 4.79 Å². The molecule has 0 amide bonds. The highest BCUT2D eigenvalue weighted by atomic mass is 19.4. The molecule has 0 spiro atoms. The number of piperidine rings is 1. The first kappa shape index (κ1) is 25.8. The van der Waals surface area contributed by atoms with E-state index >= 15 is 0 Å². The van der Waals surface area contributed by atoms with Crippen LogP contribution >= 0.6 is 0 Å². The molecule has 2 atom stereocenters. The highest BCUT2D eigenvalue weighted by Crippen LogP contribution is 2.42. The molecule has 5 heterocycles. The quantitative estimate of drug-likeness (QED) is 0.352. The summed E-state index contributed by atoms with van der Waals surface area (Å²) in [4.78, 5) is 20.1. The summed E-state index contributed by atoms with van der Waals surface area (Å²) < 4.78 is 46.9. The summed E-state index contributed by atoms with van der Waals surface area (Å²) in [6.45, 7) is 4.20. The molecular formula is C28H32F3N7O. The summed E-state index contributed by atoms with van der Waals surface area (Å²) in [7, 11) is 1.89. The third kappa shape index (κ3) is 4.88. The molecule has 11 heteroatoms. The number of halogens is 3. The van der Waals surface area contributed by atoms with Crippen molar-refractivity contribution < 1.29 is 13.2 Å². The Labute approximate surface area is 224 Å². The normalized spacial score (nSPS) is 19.9. The average molecular weight is 540 g/mol. The van der Waals surface area contributed by atoms with Gasteiger partial charge in [-0.3, -0.25) is 18.9 Å². The smallest absolute Gasteiger partial charge is 0.320 e. The van der Waals surface area contributed by atoms with Crippen molar-refractivity contribution in [2.45, 2.75) is 57.7 Å². The van der Waals surface area contributed by atoms with Crippen LogP contribution in [0, 0.1) is 11.8 Å². The van der Waals surface area contributed by atoms with Gasteiger partial charge in [0.2, 0.25) is 0 Å². The van der Waals surface area contributed by atoms with Crippen molar-refractivity contribution in [2.24, 2.45) is 18.9 Å². The van der Waals surface area contributed by atoms with E-state index in [1.54, 1.807) is 18.7 Å². The maximum atomic E-state index is 14.2. The molecule has 2 aliphatic rings. The van der Waals surface area contributed by atoms with Crippen LogP contribution in [0.4, 0.5) is 13.2 Å². The van der Waals surface area contributed by atoms with Gasteiger partial charge in [0.15, 0.2) is 0 Å². The van der Waals surface area contributed by atoms with E-state index in [0.29, 0.717) is 29.6 Å². The molecule has 4 aromatic rings. The minimum absolute atomic E-state index is 0.0595. The molecule has 0 unspecified atom stereocenters. The van der Waals surface area contributed by atoms with E-state index in [9.17, 15) is 18.0 Å². The topological polar surface area (TPSA) is 73.2 Å². The molecule has 6 rings (SSSR count). The predicted octanol–water partition coefficient (Wildman–Crippen LogP) is 4.80. The van der Waals surface area contributed by atoms with E-state index in [1.807, 2.05) is 17.7 Å². The third-order valence-corrected chi connectivity index (χ3v) is 8.30. The zero-order valence-corrected chi connectivity index (χ0v) is 22.1. The van der Waals surface area contributed by atoms with E-state index in [2.05, 4.69) is 27.0 Å². The lowest BCUT2D eigenvalue weighted by molar-refractivity contribution is -0.136. The van der Waals surface area contributed by atoms with E-state index in [4.69, 9.17) is 0 Å². The molecule has 2 fully saturated rings. The van der Waals surface area contributed by atoms with Gasteiger partial charge in [-0.1, -0.05) is 13.3 Å². The number of aryl methyl sites for hydroxylation is 1. The lowest BCUT2D eigenvalue weighted by Gasteiger charge is -2.33. The van der Waals surface area contributed by atoms with Crippen LogP contribution in [0.1, 0.15) is 67.5 Å². The second kappa shape index (κ2) is 9.93. The number of likely N-dealkylation sites (tertiary alicyclic amines) is 1. The predicted molar refractivity (Wildman–Crippen MR) is 140 cm³/mol. The Morgan fingerprint density at radius 1 is 1.10 bits per heavy atom. The van der Waals surface area contributed by atoms with Crippen LogP contribution in [0.25, 0.3) is 11.2 Å². The number of hydrogen-bond acceptors (Lipinski definition) is 5. The van der Waals surface area contributed by atoms with Crippen LogP contribution < -0.4 is 5.69 Å². The molecule has 1 aliphatic heterocycles. The minimum atomic E-state index is -4.60.